The third kappa shape index (κ3) is 3.20. The van der Waals surface area contributed by atoms with E-state index >= 15 is 0 Å². The van der Waals surface area contributed by atoms with Gasteiger partial charge in [0.2, 0.25) is 5.88 Å². The van der Waals surface area contributed by atoms with E-state index in [1.807, 2.05) is 26.0 Å². The van der Waals surface area contributed by atoms with Crippen molar-refractivity contribution >= 4 is 17.4 Å². The van der Waals surface area contributed by atoms with Gasteiger partial charge in [0.15, 0.2) is 0 Å². The van der Waals surface area contributed by atoms with Gasteiger partial charge in [-0.1, -0.05) is 24.6 Å². The van der Waals surface area contributed by atoms with Crippen molar-refractivity contribution in [1.82, 2.24) is 9.97 Å². The lowest BCUT2D eigenvalue weighted by molar-refractivity contribution is 0.452. The summed E-state index contributed by atoms with van der Waals surface area (Å²) >= 11 is 6.01. The Morgan fingerprint density at radius 1 is 1.25 bits per heavy atom. The Bertz CT molecular complexity index is 602. The van der Waals surface area contributed by atoms with Crippen LogP contribution in [0.2, 0.25) is 5.02 Å². The van der Waals surface area contributed by atoms with Crippen molar-refractivity contribution in [2.75, 3.05) is 11.9 Å². The number of aromatic nitrogens is 2. The van der Waals surface area contributed by atoms with Crippen LogP contribution in [-0.4, -0.2) is 16.5 Å². The molecule has 0 bridgehead atoms. The SMILES string of the molecule is CCNc1ncnc(Oc2cc(Cl)ccc2C)c1CC. The molecule has 4 nitrogen and oxygen atoms in total. The quantitative estimate of drug-likeness (QED) is 0.896. The summed E-state index contributed by atoms with van der Waals surface area (Å²) in [5, 5.41) is 3.87. The predicted molar refractivity (Wildman–Crippen MR) is 81.8 cm³/mol. The topological polar surface area (TPSA) is 47.0 Å². The first-order valence-electron chi connectivity index (χ1n) is 6.67. The van der Waals surface area contributed by atoms with E-state index < -0.39 is 0 Å². The molecular formula is C15H18ClN3O. The van der Waals surface area contributed by atoms with E-state index in [0.29, 0.717) is 16.7 Å². The lowest BCUT2D eigenvalue weighted by Crippen LogP contribution is -2.06. The number of nitrogens with zero attached hydrogens (tertiary/aromatic N) is 2. The number of anilines is 1. The van der Waals surface area contributed by atoms with Gasteiger partial charge in [-0.05, 0) is 38.0 Å². The second-order valence-electron chi connectivity index (χ2n) is 4.40. The summed E-state index contributed by atoms with van der Waals surface area (Å²) in [7, 11) is 0. The van der Waals surface area contributed by atoms with Crippen molar-refractivity contribution in [2.45, 2.75) is 27.2 Å². The zero-order chi connectivity index (χ0) is 14.5. The number of hydrogen-bond donors (Lipinski definition) is 1. The molecule has 0 amide bonds. The van der Waals surface area contributed by atoms with E-state index in [1.54, 1.807) is 6.07 Å². The molecule has 1 N–H and O–H groups in total. The van der Waals surface area contributed by atoms with Crippen LogP contribution < -0.4 is 10.1 Å². The number of aryl methyl sites for hydroxylation is 1. The maximum atomic E-state index is 6.01. The number of benzene rings is 1. The third-order valence-electron chi connectivity index (χ3n) is 2.96. The number of nitrogens with one attached hydrogen (secondary N) is 1. The summed E-state index contributed by atoms with van der Waals surface area (Å²) < 4.78 is 5.92. The number of ether oxygens (including phenoxy) is 1. The normalized spacial score (nSPS) is 10.4. The molecule has 0 saturated carbocycles. The zero-order valence-electron chi connectivity index (χ0n) is 11.9. The molecule has 2 rings (SSSR count). The number of rotatable bonds is 5. The molecule has 0 aliphatic carbocycles. The van der Waals surface area contributed by atoms with Crippen LogP contribution in [0.3, 0.4) is 0 Å². The van der Waals surface area contributed by atoms with Gasteiger partial charge in [0.05, 0.1) is 5.56 Å². The number of hydrogen-bond acceptors (Lipinski definition) is 4. The average Bonchev–Trinajstić information content (AvgIpc) is 2.43. The van der Waals surface area contributed by atoms with Gasteiger partial charge >= 0.3 is 0 Å². The van der Waals surface area contributed by atoms with E-state index in [9.17, 15) is 0 Å². The molecule has 0 spiro atoms. The Morgan fingerprint density at radius 2 is 2.05 bits per heavy atom. The molecule has 0 aliphatic rings. The van der Waals surface area contributed by atoms with Crippen LogP contribution in [0.1, 0.15) is 25.0 Å². The van der Waals surface area contributed by atoms with Crippen LogP contribution in [0.4, 0.5) is 5.82 Å². The molecule has 0 atom stereocenters. The van der Waals surface area contributed by atoms with Crippen LogP contribution in [0.15, 0.2) is 24.5 Å². The molecule has 1 aromatic carbocycles. The van der Waals surface area contributed by atoms with Gasteiger partial charge in [-0.15, -0.1) is 0 Å². The van der Waals surface area contributed by atoms with E-state index in [0.717, 1.165) is 29.9 Å². The molecule has 20 heavy (non-hydrogen) atoms. The van der Waals surface area contributed by atoms with E-state index in [1.165, 1.54) is 6.33 Å². The highest BCUT2D eigenvalue weighted by Gasteiger charge is 2.12. The third-order valence-corrected chi connectivity index (χ3v) is 3.20. The maximum absolute atomic E-state index is 6.01. The van der Waals surface area contributed by atoms with Crippen molar-refractivity contribution in [1.29, 1.82) is 0 Å². The van der Waals surface area contributed by atoms with E-state index in [2.05, 4.69) is 22.2 Å². The van der Waals surface area contributed by atoms with Gasteiger partial charge in [-0.25, -0.2) is 9.97 Å². The van der Waals surface area contributed by atoms with Crippen LogP contribution in [0.5, 0.6) is 11.6 Å². The predicted octanol–water partition coefficient (Wildman–Crippen LogP) is 4.22. The molecule has 0 radical (unpaired) electrons. The second-order valence-corrected chi connectivity index (χ2v) is 4.84. The van der Waals surface area contributed by atoms with Gasteiger partial charge < -0.3 is 10.1 Å². The van der Waals surface area contributed by atoms with Gasteiger partial charge in [0.25, 0.3) is 0 Å². The van der Waals surface area contributed by atoms with Crippen molar-refractivity contribution < 1.29 is 4.74 Å². The van der Waals surface area contributed by atoms with Crippen molar-refractivity contribution in [3.05, 3.63) is 40.7 Å². The van der Waals surface area contributed by atoms with Gasteiger partial charge in [-0.2, -0.15) is 0 Å². The molecule has 106 valence electrons. The summed E-state index contributed by atoms with van der Waals surface area (Å²) in [5.41, 5.74) is 1.98. The summed E-state index contributed by atoms with van der Waals surface area (Å²) in [4.78, 5) is 8.50. The standard InChI is InChI=1S/C15H18ClN3O/c1-4-12-14(17-5-2)18-9-19-15(12)20-13-8-11(16)7-6-10(13)3/h6-9H,4-5H2,1-3H3,(H,17,18,19). The fourth-order valence-electron chi connectivity index (χ4n) is 1.91. The minimum atomic E-state index is 0.573. The first kappa shape index (κ1) is 14.6. The molecule has 1 heterocycles. The van der Waals surface area contributed by atoms with Gasteiger partial charge in [-0.3, -0.25) is 0 Å². The van der Waals surface area contributed by atoms with Gasteiger partial charge in [0, 0.05) is 11.6 Å². The fourth-order valence-corrected chi connectivity index (χ4v) is 2.07. The minimum Gasteiger partial charge on any atom is -0.438 e. The first-order chi connectivity index (χ1) is 9.65. The highest BCUT2D eigenvalue weighted by molar-refractivity contribution is 6.30. The maximum Gasteiger partial charge on any atom is 0.227 e. The Hall–Kier alpha value is -1.81. The van der Waals surface area contributed by atoms with Gasteiger partial charge in [0.1, 0.15) is 17.9 Å². The van der Waals surface area contributed by atoms with Crippen molar-refractivity contribution in [3.63, 3.8) is 0 Å². The smallest absolute Gasteiger partial charge is 0.227 e. The minimum absolute atomic E-state index is 0.573. The van der Waals surface area contributed by atoms with Crippen LogP contribution >= 0.6 is 11.6 Å². The summed E-state index contributed by atoms with van der Waals surface area (Å²) in [5.74, 6) is 2.11. The highest BCUT2D eigenvalue weighted by Crippen LogP contribution is 2.30. The molecule has 0 saturated heterocycles. The second kappa shape index (κ2) is 6.57. The summed E-state index contributed by atoms with van der Waals surface area (Å²) in [6, 6.07) is 5.57. The summed E-state index contributed by atoms with van der Waals surface area (Å²) in [6.45, 7) is 6.86. The number of halogens is 1. The largest absolute Gasteiger partial charge is 0.438 e. The van der Waals surface area contributed by atoms with Crippen molar-refractivity contribution in [3.8, 4) is 11.6 Å². The first-order valence-corrected chi connectivity index (χ1v) is 7.05. The molecule has 0 aliphatic heterocycles. The lowest BCUT2D eigenvalue weighted by atomic mass is 10.2. The molecule has 1 aromatic heterocycles. The van der Waals surface area contributed by atoms with Crippen molar-refractivity contribution in [2.24, 2.45) is 0 Å². The van der Waals surface area contributed by atoms with E-state index in [4.69, 9.17) is 16.3 Å². The van der Waals surface area contributed by atoms with Crippen LogP contribution in [0.25, 0.3) is 0 Å². The molecule has 5 heteroatoms. The monoisotopic (exact) mass is 291 g/mol. The molecule has 2 aromatic rings. The molecular weight excluding hydrogens is 274 g/mol. The lowest BCUT2D eigenvalue weighted by Gasteiger charge is -2.14. The average molecular weight is 292 g/mol. The molecule has 0 fully saturated rings. The molecule has 0 unspecified atom stereocenters. The van der Waals surface area contributed by atoms with Crippen LogP contribution in [0, 0.1) is 6.92 Å². The Morgan fingerprint density at radius 3 is 2.75 bits per heavy atom. The van der Waals surface area contributed by atoms with Crippen LogP contribution in [-0.2, 0) is 6.42 Å². The Kier molecular flexibility index (Phi) is 4.79. The fraction of sp³-hybridized carbons (Fsp3) is 0.333. The Balaban J connectivity index is 2.37. The van der Waals surface area contributed by atoms with E-state index in [-0.39, 0.29) is 0 Å². The zero-order valence-corrected chi connectivity index (χ0v) is 12.7. The summed E-state index contributed by atoms with van der Waals surface area (Å²) in [6.07, 6.45) is 2.30. The highest BCUT2D eigenvalue weighted by atomic mass is 35.5. The Labute approximate surface area is 124 Å².